The summed E-state index contributed by atoms with van der Waals surface area (Å²) in [7, 11) is 0. The number of ether oxygens (including phenoxy) is 1. The summed E-state index contributed by atoms with van der Waals surface area (Å²) in [4.78, 5) is 28.3. The minimum atomic E-state index is -0.704. The molecule has 0 aromatic heterocycles. The fraction of sp³-hybridized carbons (Fsp3) is 0.333. The predicted octanol–water partition coefficient (Wildman–Crippen LogP) is 2.31. The average Bonchev–Trinajstić information content (AvgIpc) is 2.73. The molecule has 3 rings (SSSR count). The van der Waals surface area contributed by atoms with Crippen molar-refractivity contribution in [3.05, 3.63) is 65.5 Å². The Labute approximate surface area is 175 Å². The maximum atomic E-state index is 12.9. The second-order valence-electron chi connectivity index (χ2n) is 6.84. The Kier molecular flexibility index (Phi) is 7.99. The van der Waals surface area contributed by atoms with Gasteiger partial charge in [-0.25, -0.2) is 4.39 Å². The fourth-order valence-electron chi connectivity index (χ4n) is 3.06. The highest BCUT2D eigenvalue weighted by atomic mass is 35.5. The SMILES string of the molecule is Cc1ccc(C(N)C(=O)N2CCN(C(=O)COc3ccc(F)cc3)CC2)cc1.Cl. The maximum Gasteiger partial charge on any atom is 0.260 e. The third-order valence-electron chi connectivity index (χ3n) is 4.82. The van der Waals surface area contributed by atoms with Crippen molar-refractivity contribution in [1.29, 1.82) is 0 Å². The number of carbonyl (C=O) groups excluding carboxylic acids is 2. The molecule has 2 aromatic rings. The van der Waals surface area contributed by atoms with Gasteiger partial charge in [-0.1, -0.05) is 29.8 Å². The summed E-state index contributed by atoms with van der Waals surface area (Å²) >= 11 is 0. The van der Waals surface area contributed by atoms with Gasteiger partial charge in [-0.3, -0.25) is 9.59 Å². The van der Waals surface area contributed by atoms with Gasteiger partial charge in [0, 0.05) is 26.2 Å². The van der Waals surface area contributed by atoms with Crippen LogP contribution in [-0.4, -0.2) is 54.4 Å². The molecule has 0 aliphatic carbocycles. The molecule has 29 heavy (non-hydrogen) atoms. The number of nitrogens with zero attached hydrogens (tertiary/aromatic N) is 2. The zero-order valence-corrected chi connectivity index (χ0v) is 17.0. The number of amides is 2. The minimum absolute atomic E-state index is 0. The number of nitrogens with two attached hydrogens (primary N) is 1. The van der Waals surface area contributed by atoms with Crippen LogP contribution in [0.15, 0.2) is 48.5 Å². The summed E-state index contributed by atoms with van der Waals surface area (Å²) in [6.07, 6.45) is 0. The Morgan fingerprint density at radius 2 is 1.55 bits per heavy atom. The van der Waals surface area contributed by atoms with E-state index in [2.05, 4.69) is 0 Å². The summed E-state index contributed by atoms with van der Waals surface area (Å²) < 4.78 is 18.3. The Bertz CT molecular complexity index is 822. The van der Waals surface area contributed by atoms with Crippen LogP contribution in [0.4, 0.5) is 4.39 Å². The maximum absolute atomic E-state index is 12.9. The Balaban J connectivity index is 0.00000300. The normalized spacial score (nSPS) is 14.7. The molecule has 1 aliphatic heterocycles. The number of rotatable bonds is 5. The van der Waals surface area contributed by atoms with Crippen molar-refractivity contribution in [2.45, 2.75) is 13.0 Å². The van der Waals surface area contributed by atoms with Crippen molar-refractivity contribution < 1.29 is 18.7 Å². The third-order valence-corrected chi connectivity index (χ3v) is 4.82. The molecule has 1 heterocycles. The Hall–Kier alpha value is -2.64. The first-order chi connectivity index (χ1) is 13.4. The first-order valence-electron chi connectivity index (χ1n) is 9.21. The van der Waals surface area contributed by atoms with E-state index in [0.717, 1.165) is 11.1 Å². The standard InChI is InChI=1S/C21H24FN3O3.ClH/c1-15-2-4-16(5-3-15)20(23)21(27)25-12-10-24(11-13-25)19(26)14-28-18-8-6-17(22)7-9-18;/h2-9,20H,10-14,23H2,1H3;1H. The van der Waals surface area contributed by atoms with Gasteiger partial charge in [-0.15, -0.1) is 12.4 Å². The molecule has 6 nitrogen and oxygen atoms in total. The molecule has 1 fully saturated rings. The molecule has 1 aliphatic rings. The molecule has 2 amide bonds. The third kappa shape index (κ3) is 5.92. The van der Waals surface area contributed by atoms with Crippen LogP contribution in [0.3, 0.4) is 0 Å². The Morgan fingerprint density at radius 3 is 2.14 bits per heavy atom. The second-order valence-corrected chi connectivity index (χ2v) is 6.84. The highest BCUT2D eigenvalue weighted by Gasteiger charge is 2.28. The van der Waals surface area contributed by atoms with Crippen molar-refractivity contribution in [3.63, 3.8) is 0 Å². The number of hydrogen-bond acceptors (Lipinski definition) is 4. The van der Waals surface area contributed by atoms with Gasteiger partial charge in [0.2, 0.25) is 5.91 Å². The molecule has 1 saturated heterocycles. The van der Waals surface area contributed by atoms with E-state index in [1.165, 1.54) is 24.3 Å². The van der Waals surface area contributed by atoms with E-state index in [1.54, 1.807) is 9.80 Å². The second kappa shape index (κ2) is 10.2. The zero-order valence-electron chi connectivity index (χ0n) is 16.2. The van der Waals surface area contributed by atoms with Gasteiger partial charge in [0.25, 0.3) is 5.91 Å². The lowest BCUT2D eigenvalue weighted by Gasteiger charge is -2.35. The topological polar surface area (TPSA) is 75.9 Å². The molecule has 2 aromatic carbocycles. The molecule has 0 saturated carbocycles. The lowest BCUT2D eigenvalue weighted by atomic mass is 10.0. The first-order valence-corrected chi connectivity index (χ1v) is 9.21. The van der Waals surface area contributed by atoms with Gasteiger partial charge in [0.05, 0.1) is 0 Å². The predicted molar refractivity (Wildman–Crippen MR) is 110 cm³/mol. The number of aryl methyl sites for hydroxylation is 1. The molecular weight excluding hydrogens is 397 g/mol. The van der Waals surface area contributed by atoms with Crippen LogP contribution in [0.25, 0.3) is 0 Å². The van der Waals surface area contributed by atoms with Crippen molar-refractivity contribution >= 4 is 24.2 Å². The van der Waals surface area contributed by atoms with Gasteiger partial charge >= 0.3 is 0 Å². The highest BCUT2D eigenvalue weighted by Crippen LogP contribution is 2.16. The van der Waals surface area contributed by atoms with Crippen LogP contribution in [0.1, 0.15) is 17.2 Å². The van der Waals surface area contributed by atoms with E-state index in [-0.39, 0.29) is 36.6 Å². The lowest BCUT2D eigenvalue weighted by molar-refractivity contribution is -0.141. The van der Waals surface area contributed by atoms with Crippen molar-refractivity contribution in [3.8, 4) is 5.75 Å². The van der Waals surface area contributed by atoms with Crippen molar-refractivity contribution in [1.82, 2.24) is 9.80 Å². The van der Waals surface area contributed by atoms with Crippen LogP contribution in [0.2, 0.25) is 0 Å². The van der Waals surface area contributed by atoms with Crippen LogP contribution in [0, 0.1) is 12.7 Å². The summed E-state index contributed by atoms with van der Waals surface area (Å²) in [5.74, 6) is -0.228. The van der Waals surface area contributed by atoms with E-state index >= 15 is 0 Å². The lowest BCUT2D eigenvalue weighted by Crippen LogP contribution is -2.53. The number of piperazine rings is 1. The minimum Gasteiger partial charge on any atom is -0.484 e. The molecular formula is C21H25ClFN3O3. The number of hydrogen-bond donors (Lipinski definition) is 1. The van der Waals surface area contributed by atoms with E-state index in [4.69, 9.17) is 10.5 Å². The summed E-state index contributed by atoms with van der Waals surface area (Å²) in [5.41, 5.74) is 8.01. The van der Waals surface area contributed by atoms with E-state index in [9.17, 15) is 14.0 Å². The smallest absolute Gasteiger partial charge is 0.260 e. The monoisotopic (exact) mass is 421 g/mol. The molecule has 1 unspecified atom stereocenters. The fourth-order valence-corrected chi connectivity index (χ4v) is 3.06. The molecule has 1 atom stereocenters. The number of carbonyl (C=O) groups is 2. The average molecular weight is 422 g/mol. The van der Waals surface area contributed by atoms with E-state index in [1.807, 2.05) is 31.2 Å². The number of halogens is 2. The highest BCUT2D eigenvalue weighted by molar-refractivity contribution is 5.85. The number of benzene rings is 2. The van der Waals surface area contributed by atoms with Gasteiger partial charge in [-0.2, -0.15) is 0 Å². The van der Waals surface area contributed by atoms with Gasteiger partial charge in [0.1, 0.15) is 17.6 Å². The first kappa shape index (κ1) is 22.6. The van der Waals surface area contributed by atoms with Crippen LogP contribution in [0.5, 0.6) is 5.75 Å². The summed E-state index contributed by atoms with van der Waals surface area (Å²) in [5, 5.41) is 0. The van der Waals surface area contributed by atoms with Gasteiger partial charge in [0.15, 0.2) is 6.61 Å². The molecule has 2 N–H and O–H groups in total. The molecule has 156 valence electrons. The summed E-state index contributed by atoms with van der Waals surface area (Å²) in [6.45, 7) is 3.58. The molecule has 0 spiro atoms. The Morgan fingerprint density at radius 1 is 1.00 bits per heavy atom. The zero-order chi connectivity index (χ0) is 20.1. The van der Waals surface area contributed by atoms with Gasteiger partial charge < -0.3 is 20.3 Å². The quantitative estimate of drug-likeness (QED) is 0.803. The van der Waals surface area contributed by atoms with Crippen LogP contribution in [-0.2, 0) is 9.59 Å². The van der Waals surface area contributed by atoms with E-state index < -0.39 is 6.04 Å². The van der Waals surface area contributed by atoms with Crippen molar-refractivity contribution in [2.24, 2.45) is 5.73 Å². The summed E-state index contributed by atoms with van der Waals surface area (Å²) in [6, 6.07) is 12.4. The van der Waals surface area contributed by atoms with Crippen molar-refractivity contribution in [2.75, 3.05) is 32.8 Å². The van der Waals surface area contributed by atoms with E-state index in [0.29, 0.717) is 31.9 Å². The molecule has 8 heteroatoms. The van der Waals surface area contributed by atoms with Crippen LogP contribution >= 0.6 is 12.4 Å². The largest absolute Gasteiger partial charge is 0.484 e. The van der Waals surface area contributed by atoms with Gasteiger partial charge in [-0.05, 0) is 36.8 Å². The molecule has 0 radical (unpaired) electrons. The molecule has 0 bridgehead atoms. The van der Waals surface area contributed by atoms with Crippen LogP contribution < -0.4 is 10.5 Å².